The van der Waals surface area contributed by atoms with Crippen molar-refractivity contribution in [2.24, 2.45) is 5.41 Å². The average molecular weight is 379 g/mol. The molecule has 0 N–H and O–H groups in total. The molecule has 1 atom stereocenters. The minimum Gasteiger partial charge on any atom is -0.343 e. The second-order valence-electron chi connectivity index (χ2n) is 8.56. The zero-order valence-electron chi connectivity index (χ0n) is 16.6. The van der Waals surface area contributed by atoms with Crippen LogP contribution in [0.15, 0.2) is 30.3 Å². The van der Waals surface area contributed by atoms with Gasteiger partial charge in [-0.3, -0.25) is 9.59 Å². The summed E-state index contributed by atoms with van der Waals surface area (Å²) in [5.41, 5.74) is 1.09. The summed E-state index contributed by atoms with van der Waals surface area (Å²) in [6, 6.07) is 11.0. The number of amides is 2. The minimum atomic E-state index is -0.181. The van der Waals surface area contributed by atoms with Crippen LogP contribution in [0.2, 0.25) is 0 Å². The molecular formula is C24H30N2O2. The number of carbonyl (C=O) groups excluding carboxylic acids is 2. The van der Waals surface area contributed by atoms with Gasteiger partial charge in [0.05, 0.1) is 11.5 Å². The Morgan fingerprint density at radius 1 is 1.11 bits per heavy atom. The molecule has 2 heterocycles. The number of hydrogen-bond donors (Lipinski definition) is 0. The Hall–Kier alpha value is -2.28. The second-order valence-corrected chi connectivity index (χ2v) is 8.56. The summed E-state index contributed by atoms with van der Waals surface area (Å²) >= 11 is 0. The molecule has 0 bridgehead atoms. The molecule has 1 aliphatic carbocycles. The lowest BCUT2D eigenvalue weighted by Gasteiger charge is -2.61. The molecule has 2 saturated heterocycles. The predicted octanol–water partition coefficient (Wildman–Crippen LogP) is 3.92. The Morgan fingerprint density at radius 2 is 1.79 bits per heavy atom. The van der Waals surface area contributed by atoms with Gasteiger partial charge in [-0.05, 0) is 31.2 Å². The first kappa shape index (κ1) is 19.1. The third-order valence-electron chi connectivity index (χ3n) is 7.02. The first-order valence-electron chi connectivity index (χ1n) is 10.8. The van der Waals surface area contributed by atoms with Crippen molar-refractivity contribution in [1.82, 2.24) is 9.80 Å². The van der Waals surface area contributed by atoms with Crippen LogP contribution in [-0.4, -0.2) is 40.7 Å². The Balaban J connectivity index is 1.49. The van der Waals surface area contributed by atoms with Crippen molar-refractivity contribution in [3.05, 3.63) is 35.9 Å². The molecule has 3 fully saturated rings. The molecule has 1 aromatic rings. The number of hydrogen-bond acceptors (Lipinski definition) is 2. The Bertz CT molecular complexity index is 753. The lowest BCUT2D eigenvalue weighted by molar-refractivity contribution is -0.186. The molecule has 148 valence electrons. The third-order valence-corrected chi connectivity index (χ3v) is 7.02. The van der Waals surface area contributed by atoms with E-state index in [0.717, 1.165) is 51.6 Å². The number of likely N-dealkylation sites (tertiary alicyclic amines) is 2. The van der Waals surface area contributed by atoms with Crippen molar-refractivity contribution in [3.63, 3.8) is 0 Å². The highest BCUT2D eigenvalue weighted by Crippen LogP contribution is 2.59. The quantitative estimate of drug-likeness (QED) is 0.588. The average Bonchev–Trinajstić information content (AvgIpc) is 2.76. The van der Waals surface area contributed by atoms with Crippen LogP contribution in [0, 0.1) is 17.8 Å². The van der Waals surface area contributed by atoms with Gasteiger partial charge in [-0.1, -0.05) is 49.6 Å². The van der Waals surface area contributed by atoms with Gasteiger partial charge in [0.2, 0.25) is 11.8 Å². The summed E-state index contributed by atoms with van der Waals surface area (Å²) in [7, 11) is 0. The molecule has 1 aromatic carbocycles. The van der Waals surface area contributed by atoms with Crippen LogP contribution in [0.5, 0.6) is 0 Å². The van der Waals surface area contributed by atoms with E-state index in [1.165, 1.54) is 12.0 Å². The normalized spacial score (nSPS) is 24.7. The van der Waals surface area contributed by atoms with Crippen LogP contribution in [0.4, 0.5) is 0 Å². The Kier molecular flexibility index (Phi) is 5.44. The number of benzene rings is 1. The van der Waals surface area contributed by atoms with Crippen LogP contribution in [0.25, 0.3) is 0 Å². The topological polar surface area (TPSA) is 40.6 Å². The molecule has 2 aliphatic heterocycles. The highest BCUT2D eigenvalue weighted by atomic mass is 16.2. The van der Waals surface area contributed by atoms with E-state index in [1.807, 2.05) is 11.0 Å². The SMILES string of the molecule is C#CCCC(=O)N1CCC(N2C(=O)C3(CCCCC3)C2c2ccccc2)CC1. The van der Waals surface area contributed by atoms with E-state index >= 15 is 0 Å². The molecule has 1 unspecified atom stereocenters. The summed E-state index contributed by atoms with van der Waals surface area (Å²) in [6.45, 7) is 1.46. The van der Waals surface area contributed by atoms with Crippen LogP contribution in [-0.2, 0) is 9.59 Å². The first-order chi connectivity index (χ1) is 13.7. The monoisotopic (exact) mass is 378 g/mol. The summed E-state index contributed by atoms with van der Waals surface area (Å²) in [5.74, 6) is 3.05. The number of terminal acetylenes is 1. The molecule has 1 spiro atoms. The van der Waals surface area contributed by atoms with Crippen molar-refractivity contribution in [2.45, 2.75) is 69.9 Å². The van der Waals surface area contributed by atoms with E-state index in [1.54, 1.807) is 0 Å². The van der Waals surface area contributed by atoms with Gasteiger partial charge >= 0.3 is 0 Å². The molecule has 4 heteroatoms. The molecule has 0 radical (unpaired) electrons. The van der Waals surface area contributed by atoms with Gasteiger partial charge in [-0.25, -0.2) is 0 Å². The molecular weight excluding hydrogens is 348 g/mol. The number of nitrogens with zero attached hydrogens (tertiary/aromatic N) is 2. The fraction of sp³-hybridized carbons (Fsp3) is 0.583. The maximum Gasteiger partial charge on any atom is 0.232 e. The van der Waals surface area contributed by atoms with E-state index in [2.05, 4.69) is 35.1 Å². The molecule has 2 amide bonds. The van der Waals surface area contributed by atoms with E-state index in [9.17, 15) is 9.59 Å². The predicted molar refractivity (Wildman–Crippen MR) is 109 cm³/mol. The van der Waals surface area contributed by atoms with Gasteiger partial charge in [0.25, 0.3) is 0 Å². The molecule has 1 saturated carbocycles. The third kappa shape index (κ3) is 3.21. The minimum absolute atomic E-state index is 0.148. The van der Waals surface area contributed by atoms with Gasteiger partial charge in [-0.2, -0.15) is 0 Å². The van der Waals surface area contributed by atoms with Gasteiger partial charge in [0, 0.05) is 32.0 Å². The lowest BCUT2D eigenvalue weighted by atomic mass is 9.59. The first-order valence-corrected chi connectivity index (χ1v) is 10.8. The summed E-state index contributed by atoms with van der Waals surface area (Å²) in [6.07, 6.45) is 13.5. The number of rotatable bonds is 4. The summed E-state index contributed by atoms with van der Waals surface area (Å²) < 4.78 is 0. The smallest absolute Gasteiger partial charge is 0.232 e. The zero-order chi connectivity index (χ0) is 19.6. The van der Waals surface area contributed by atoms with E-state index in [0.29, 0.717) is 18.7 Å². The van der Waals surface area contributed by atoms with Crippen molar-refractivity contribution in [3.8, 4) is 12.3 Å². The largest absolute Gasteiger partial charge is 0.343 e. The Morgan fingerprint density at radius 3 is 2.43 bits per heavy atom. The molecule has 3 aliphatic rings. The zero-order valence-corrected chi connectivity index (χ0v) is 16.6. The highest BCUT2D eigenvalue weighted by molar-refractivity contribution is 5.91. The summed E-state index contributed by atoms with van der Waals surface area (Å²) in [5, 5.41) is 0. The summed E-state index contributed by atoms with van der Waals surface area (Å²) in [4.78, 5) is 29.8. The molecule has 28 heavy (non-hydrogen) atoms. The molecule has 4 rings (SSSR count). The standard InChI is InChI=1S/C24H30N2O2/c1-2-3-12-21(27)25-17-13-20(14-18-25)26-22(19-10-6-4-7-11-19)24(23(26)28)15-8-5-9-16-24/h1,4,6-7,10-11,20,22H,3,5,8-9,12-18H2. The van der Waals surface area contributed by atoms with E-state index < -0.39 is 0 Å². The van der Waals surface area contributed by atoms with Gasteiger partial charge in [0.15, 0.2) is 0 Å². The van der Waals surface area contributed by atoms with E-state index in [4.69, 9.17) is 6.42 Å². The van der Waals surface area contributed by atoms with Crippen LogP contribution in [0.1, 0.15) is 69.4 Å². The number of carbonyl (C=O) groups is 2. The van der Waals surface area contributed by atoms with Crippen LogP contribution >= 0.6 is 0 Å². The maximum absolute atomic E-state index is 13.4. The van der Waals surface area contributed by atoms with E-state index in [-0.39, 0.29) is 23.4 Å². The fourth-order valence-corrected chi connectivity index (χ4v) is 5.58. The maximum atomic E-state index is 13.4. The molecule has 0 aromatic heterocycles. The van der Waals surface area contributed by atoms with Gasteiger partial charge in [-0.15, -0.1) is 12.3 Å². The fourth-order valence-electron chi connectivity index (χ4n) is 5.58. The van der Waals surface area contributed by atoms with Crippen molar-refractivity contribution < 1.29 is 9.59 Å². The molecule has 4 nitrogen and oxygen atoms in total. The lowest BCUT2D eigenvalue weighted by Crippen LogP contribution is -2.67. The van der Waals surface area contributed by atoms with Gasteiger partial charge in [0.1, 0.15) is 0 Å². The number of β-lactam (4-membered cyclic amide) rings is 1. The number of piperidine rings is 1. The Labute approximate surface area is 168 Å². The van der Waals surface area contributed by atoms with Crippen LogP contribution < -0.4 is 0 Å². The van der Waals surface area contributed by atoms with Crippen molar-refractivity contribution in [1.29, 1.82) is 0 Å². The van der Waals surface area contributed by atoms with Crippen molar-refractivity contribution >= 4 is 11.8 Å². The van der Waals surface area contributed by atoms with Crippen LogP contribution in [0.3, 0.4) is 0 Å². The van der Waals surface area contributed by atoms with Gasteiger partial charge < -0.3 is 9.80 Å². The highest BCUT2D eigenvalue weighted by Gasteiger charge is 2.62. The second kappa shape index (κ2) is 7.99. The van der Waals surface area contributed by atoms with Crippen molar-refractivity contribution in [2.75, 3.05) is 13.1 Å².